The number of rotatable bonds is 8. The van der Waals surface area contributed by atoms with Crippen LogP contribution in [0.4, 0.5) is 8.78 Å². The first kappa shape index (κ1) is 25.8. The number of nitrogens with zero attached hydrogens (tertiary/aromatic N) is 1. The Labute approximate surface area is 202 Å². The fourth-order valence-electron chi connectivity index (χ4n) is 4.06. The quantitative estimate of drug-likeness (QED) is 0.498. The Hall–Kier alpha value is -3.77. The summed E-state index contributed by atoms with van der Waals surface area (Å²) in [6.45, 7) is 0.532. The maximum atomic E-state index is 14.2. The molecular weight excluding hydrogens is 456 g/mol. The number of aryl methyl sites for hydroxylation is 1. The minimum absolute atomic E-state index is 0.0591. The van der Waals surface area contributed by atoms with Gasteiger partial charge in [-0.3, -0.25) is 14.4 Å². The van der Waals surface area contributed by atoms with E-state index in [0.717, 1.165) is 0 Å². The van der Waals surface area contributed by atoms with E-state index >= 15 is 0 Å². The van der Waals surface area contributed by atoms with Crippen molar-refractivity contribution in [2.24, 2.45) is 0 Å². The summed E-state index contributed by atoms with van der Waals surface area (Å²) in [5.74, 6) is -3.56. The topological polar surface area (TPSA) is 98.7 Å². The molecule has 1 heterocycles. The first-order chi connectivity index (χ1) is 16.6. The summed E-state index contributed by atoms with van der Waals surface area (Å²) in [5.41, 5.74) is 1.75. The molecule has 7 nitrogen and oxygen atoms in total. The van der Waals surface area contributed by atoms with E-state index in [-0.39, 0.29) is 13.0 Å². The molecule has 3 atom stereocenters. The summed E-state index contributed by atoms with van der Waals surface area (Å²) in [5, 5.41) is 16.0. The number of aliphatic hydroxyl groups is 1. The van der Waals surface area contributed by atoms with Crippen LogP contribution in [-0.4, -0.2) is 64.9 Å². The molecule has 0 aromatic heterocycles. The number of aliphatic hydroxyl groups excluding tert-OH is 1. The fourth-order valence-corrected chi connectivity index (χ4v) is 4.06. The van der Waals surface area contributed by atoms with Gasteiger partial charge >= 0.3 is 0 Å². The van der Waals surface area contributed by atoms with Gasteiger partial charge in [-0.25, -0.2) is 8.78 Å². The Morgan fingerprint density at radius 2 is 1.83 bits per heavy atom. The molecule has 1 aliphatic rings. The lowest BCUT2D eigenvalue weighted by Gasteiger charge is -2.30. The van der Waals surface area contributed by atoms with E-state index in [2.05, 4.69) is 16.6 Å². The van der Waals surface area contributed by atoms with Gasteiger partial charge in [0.1, 0.15) is 6.04 Å². The molecule has 2 aromatic carbocycles. The molecule has 0 spiro atoms. The molecule has 1 saturated heterocycles. The highest BCUT2D eigenvalue weighted by Crippen LogP contribution is 2.33. The second-order valence-corrected chi connectivity index (χ2v) is 8.49. The zero-order valence-electron chi connectivity index (χ0n) is 19.2. The number of alkyl halides is 2. The van der Waals surface area contributed by atoms with Crippen molar-refractivity contribution < 1.29 is 28.3 Å². The molecule has 1 fully saturated rings. The smallest absolute Gasteiger partial charge is 0.267 e. The van der Waals surface area contributed by atoms with Gasteiger partial charge in [0.15, 0.2) is 6.10 Å². The maximum Gasteiger partial charge on any atom is 0.267 e. The van der Waals surface area contributed by atoms with Crippen molar-refractivity contribution in [1.29, 1.82) is 0 Å². The van der Waals surface area contributed by atoms with Crippen LogP contribution in [0, 0.1) is 19.3 Å². The van der Waals surface area contributed by atoms with E-state index in [4.69, 9.17) is 6.42 Å². The molecule has 0 aliphatic carbocycles. The van der Waals surface area contributed by atoms with Crippen molar-refractivity contribution in [3.8, 4) is 12.3 Å². The molecule has 3 rings (SSSR count). The highest BCUT2D eigenvalue weighted by atomic mass is 19.3. The largest absolute Gasteiger partial charge is 0.381 e. The summed E-state index contributed by atoms with van der Waals surface area (Å²) in [4.78, 5) is 39.2. The predicted octanol–water partition coefficient (Wildman–Crippen LogP) is 1.68. The van der Waals surface area contributed by atoms with Crippen LogP contribution in [0.3, 0.4) is 0 Å². The van der Waals surface area contributed by atoms with Crippen molar-refractivity contribution in [2.75, 3.05) is 13.1 Å². The minimum atomic E-state index is -3.31. The number of likely N-dealkylation sites (tertiary alicyclic amines) is 1. The van der Waals surface area contributed by atoms with Gasteiger partial charge in [0.05, 0.1) is 19.1 Å². The van der Waals surface area contributed by atoms with E-state index in [1.807, 2.05) is 0 Å². The van der Waals surface area contributed by atoms with Crippen LogP contribution in [0.25, 0.3) is 0 Å². The van der Waals surface area contributed by atoms with Gasteiger partial charge in [0, 0.05) is 12.0 Å². The van der Waals surface area contributed by atoms with Crippen molar-refractivity contribution >= 4 is 17.7 Å². The van der Waals surface area contributed by atoms with E-state index in [9.17, 15) is 28.3 Å². The lowest BCUT2D eigenvalue weighted by Crippen LogP contribution is -2.56. The van der Waals surface area contributed by atoms with Crippen LogP contribution in [0.1, 0.15) is 27.9 Å². The molecule has 0 unspecified atom stereocenters. The highest BCUT2D eigenvalue weighted by Gasteiger charge is 2.51. The summed E-state index contributed by atoms with van der Waals surface area (Å²) in [6, 6.07) is 13.0. The van der Waals surface area contributed by atoms with Crippen LogP contribution < -0.4 is 10.6 Å². The van der Waals surface area contributed by atoms with Gasteiger partial charge in [-0.05, 0) is 30.5 Å². The molecule has 3 N–H and O–H groups in total. The number of halogens is 2. The number of hydrogen-bond acceptors (Lipinski definition) is 4. The second-order valence-electron chi connectivity index (χ2n) is 8.49. The number of amides is 3. The number of carbonyl (C=O) groups is 3. The molecular formula is C26H27F2N3O4. The summed E-state index contributed by atoms with van der Waals surface area (Å²) >= 11 is 0. The zero-order valence-corrected chi connectivity index (χ0v) is 19.2. The lowest BCUT2D eigenvalue weighted by atomic mass is 9.99. The Bertz CT molecular complexity index is 1120. The van der Waals surface area contributed by atoms with Crippen LogP contribution in [-0.2, 0) is 16.0 Å². The first-order valence-electron chi connectivity index (χ1n) is 11.1. The summed E-state index contributed by atoms with van der Waals surface area (Å²) < 4.78 is 28.4. The summed E-state index contributed by atoms with van der Waals surface area (Å²) in [6.07, 6.45) is 2.41. The Balaban J connectivity index is 1.86. The van der Waals surface area contributed by atoms with Gasteiger partial charge in [0.25, 0.3) is 17.7 Å². The number of nitrogens with one attached hydrogen (secondary N) is 2. The van der Waals surface area contributed by atoms with Gasteiger partial charge in [-0.15, -0.1) is 6.42 Å². The second kappa shape index (κ2) is 11.1. The van der Waals surface area contributed by atoms with Crippen molar-refractivity contribution in [3.05, 3.63) is 71.3 Å². The molecule has 3 amide bonds. The number of carbonyl (C=O) groups excluding carboxylic acids is 3. The maximum absolute atomic E-state index is 14.2. The third-order valence-electron chi connectivity index (χ3n) is 5.86. The van der Waals surface area contributed by atoms with E-state index in [1.54, 1.807) is 61.5 Å². The van der Waals surface area contributed by atoms with E-state index in [0.29, 0.717) is 21.6 Å². The van der Waals surface area contributed by atoms with Crippen molar-refractivity contribution in [1.82, 2.24) is 15.5 Å². The number of hydrogen-bond donors (Lipinski definition) is 3. The van der Waals surface area contributed by atoms with Crippen molar-refractivity contribution in [3.63, 3.8) is 0 Å². The number of benzene rings is 2. The standard InChI is InChI=1S/C26H27F2N3O4/c1-3-13-29-24(34)21-15-26(27,28)16-31(21)25(35)22(32)20(14-18-10-5-4-6-11-18)30-23(33)19-12-8-7-9-17(19)2/h1,4-12,20-22,32H,13-16H2,2H3,(H,29,34)(H,30,33)/t20-,21-,22-/m0/s1. The van der Waals surface area contributed by atoms with Gasteiger partial charge < -0.3 is 20.6 Å². The molecule has 35 heavy (non-hydrogen) atoms. The van der Waals surface area contributed by atoms with Crippen LogP contribution in [0.5, 0.6) is 0 Å². The van der Waals surface area contributed by atoms with Gasteiger partial charge in [-0.2, -0.15) is 0 Å². The Morgan fingerprint density at radius 3 is 2.49 bits per heavy atom. The van der Waals surface area contributed by atoms with Crippen molar-refractivity contribution in [2.45, 2.75) is 43.9 Å². The Kier molecular flexibility index (Phi) is 8.20. The van der Waals surface area contributed by atoms with Crippen LogP contribution in [0.15, 0.2) is 54.6 Å². The third-order valence-corrected chi connectivity index (χ3v) is 5.86. The monoisotopic (exact) mass is 483 g/mol. The molecule has 0 bridgehead atoms. The van der Waals surface area contributed by atoms with E-state index in [1.165, 1.54) is 0 Å². The van der Waals surface area contributed by atoms with Crippen LogP contribution in [0.2, 0.25) is 0 Å². The number of terminal acetylenes is 1. The highest BCUT2D eigenvalue weighted by molar-refractivity contribution is 5.96. The normalized spacial score (nSPS) is 18.3. The summed E-state index contributed by atoms with van der Waals surface area (Å²) in [7, 11) is 0. The molecule has 1 aliphatic heterocycles. The fraction of sp³-hybridized carbons (Fsp3) is 0.346. The molecule has 2 aromatic rings. The lowest BCUT2D eigenvalue weighted by molar-refractivity contribution is -0.147. The average Bonchev–Trinajstić information content (AvgIpc) is 3.17. The minimum Gasteiger partial charge on any atom is -0.381 e. The average molecular weight is 484 g/mol. The molecule has 0 radical (unpaired) electrons. The van der Waals surface area contributed by atoms with E-state index < -0.39 is 54.8 Å². The molecule has 9 heteroatoms. The SMILES string of the molecule is C#CCNC(=O)[C@@H]1CC(F)(F)CN1C(=O)[C@@H](O)[C@H](Cc1ccccc1)NC(=O)c1ccccc1C. The predicted molar refractivity (Wildman–Crippen MR) is 125 cm³/mol. The molecule has 184 valence electrons. The molecule has 0 saturated carbocycles. The van der Waals surface area contributed by atoms with Crippen LogP contribution >= 0.6 is 0 Å². The van der Waals surface area contributed by atoms with Gasteiger partial charge in [0.2, 0.25) is 5.91 Å². The zero-order chi connectivity index (χ0) is 25.6. The Morgan fingerprint density at radius 1 is 1.17 bits per heavy atom. The first-order valence-corrected chi connectivity index (χ1v) is 11.1. The third kappa shape index (κ3) is 6.43. The van der Waals surface area contributed by atoms with Gasteiger partial charge in [-0.1, -0.05) is 54.5 Å².